The Labute approximate surface area is 163 Å². The third-order valence-corrected chi connectivity index (χ3v) is 7.53. The first-order valence-electron chi connectivity index (χ1n) is 9.78. The molecule has 1 aromatic carbocycles. The molecule has 27 heavy (non-hydrogen) atoms. The van der Waals surface area contributed by atoms with Crippen LogP contribution in [0.3, 0.4) is 0 Å². The molecule has 4 aliphatic rings. The number of amides is 1. The summed E-state index contributed by atoms with van der Waals surface area (Å²) in [7, 11) is 0. The molecule has 2 aromatic rings. The van der Waals surface area contributed by atoms with E-state index in [9.17, 15) is 4.79 Å². The molecule has 3 saturated carbocycles. The van der Waals surface area contributed by atoms with Crippen LogP contribution in [-0.4, -0.2) is 35.5 Å². The minimum atomic E-state index is -0.138. The molecule has 1 saturated heterocycles. The Bertz CT molecular complexity index is 882. The van der Waals surface area contributed by atoms with E-state index in [0.29, 0.717) is 25.6 Å². The highest BCUT2D eigenvalue weighted by atomic mass is 32.1. The fourth-order valence-corrected chi connectivity index (χ4v) is 5.85. The maximum absolute atomic E-state index is 13.1. The largest absolute Gasteiger partial charge is 0.398 e. The van der Waals surface area contributed by atoms with Crippen LogP contribution in [0.5, 0.6) is 0 Å². The summed E-state index contributed by atoms with van der Waals surface area (Å²) in [5, 5.41) is 2.97. The van der Waals surface area contributed by atoms with Crippen LogP contribution in [0.4, 0.5) is 5.69 Å². The normalized spacial score (nSPS) is 29.6. The van der Waals surface area contributed by atoms with Crippen molar-refractivity contribution in [1.82, 2.24) is 9.88 Å². The van der Waals surface area contributed by atoms with E-state index >= 15 is 0 Å². The molecule has 2 heterocycles. The summed E-state index contributed by atoms with van der Waals surface area (Å²) in [6.45, 7) is 3.90. The number of anilines is 1. The maximum Gasteiger partial charge on any atom is 0.228 e. The van der Waals surface area contributed by atoms with Crippen molar-refractivity contribution in [2.24, 2.45) is 11.3 Å². The van der Waals surface area contributed by atoms with Crippen LogP contribution in [0, 0.1) is 18.3 Å². The molecule has 5 nitrogen and oxygen atoms in total. The Kier molecular flexibility index (Phi) is 4.02. The summed E-state index contributed by atoms with van der Waals surface area (Å²) in [5.41, 5.74) is 9.87. The third-order valence-electron chi connectivity index (χ3n) is 6.59. The number of morpholine rings is 1. The number of carbonyl (C=O) groups excluding carboxylic acids is 1. The first kappa shape index (κ1) is 17.2. The zero-order chi connectivity index (χ0) is 18.6. The van der Waals surface area contributed by atoms with E-state index in [4.69, 9.17) is 15.5 Å². The molecule has 2 N–H and O–H groups in total. The number of thiazole rings is 1. The number of aryl methyl sites for hydroxylation is 1. The van der Waals surface area contributed by atoms with Crippen LogP contribution in [-0.2, 0) is 9.53 Å². The fourth-order valence-electron chi connectivity index (χ4n) is 5.00. The lowest BCUT2D eigenvalue weighted by atomic mass is 9.68. The van der Waals surface area contributed by atoms with E-state index in [1.807, 2.05) is 35.4 Å². The second-order valence-electron chi connectivity index (χ2n) is 8.31. The van der Waals surface area contributed by atoms with Crippen LogP contribution in [0.1, 0.15) is 42.4 Å². The lowest BCUT2D eigenvalue weighted by Crippen LogP contribution is -2.51. The minimum Gasteiger partial charge on any atom is -0.398 e. The van der Waals surface area contributed by atoms with E-state index in [1.165, 1.54) is 6.42 Å². The van der Waals surface area contributed by atoms with E-state index in [1.54, 1.807) is 11.3 Å². The van der Waals surface area contributed by atoms with Crippen LogP contribution in [0.25, 0.3) is 11.3 Å². The lowest BCUT2D eigenvalue weighted by Gasteiger charge is -2.43. The van der Waals surface area contributed by atoms with Crippen molar-refractivity contribution in [3.05, 3.63) is 34.2 Å². The molecule has 0 spiro atoms. The SMILES string of the molecule is Cc1cccc(-c2csc([C@H]3CN(C(=O)C45CCC(C4)C5)CCO3)n2)c1N. The topological polar surface area (TPSA) is 68.5 Å². The molecule has 6 heteroatoms. The average molecular weight is 384 g/mol. The Hall–Kier alpha value is -1.92. The highest BCUT2D eigenvalue weighted by Gasteiger charge is 2.56. The Morgan fingerprint density at radius 3 is 3.04 bits per heavy atom. The molecule has 0 unspecified atom stereocenters. The van der Waals surface area contributed by atoms with Gasteiger partial charge in [0, 0.05) is 28.6 Å². The predicted octanol–water partition coefficient (Wildman–Crippen LogP) is 3.79. The van der Waals surface area contributed by atoms with Gasteiger partial charge in [0.05, 0.1) is 18.8 Å². The number of hydrogen-bond acceptors (Lipinski definition) is 5. The number of carbonyl (C=O) groups is 1. The number of rotatable bonds is 3. The summed E-state index contributed by atoms with van der Waals surface area (Å²) in [6.07, 6.45) is 4.37. The monoisotopic (exact) mass is 383 g/mol. The first-order chi connectivity index (χ1) is 13.1. The summed E-state index contributed by atoms with van der Waals surface area (Å²) < 4.78 is 5.98. The van der Waals surface area contributed by atoms with Gasteiger partial charge in [-0.3, -0.25) is 4.79 Å². The van der Waals surface area contributed by atoms with Gasteiger partial charge in [-0.2, -0.15) is 0 Å². The molecule has 142 valence electrons. The third kappa shape index (κ3) is 2.77. The molecule has 3 aliphatic carbocycles. The zero-order valence-electron chi connectivity index (χ0n) is 15.6. The van der Waals surface area contributed by atoms with Crippen LogP contribution in [0.15, 0.2) is 23.6 Å². The number of nitrogens with zero attached hydrogens (tertiary/aromatic N) is 2. The smallest absolute Gasteiger partial charge is 0.228 e. The maximum atomic E-state index is 13.1. The Morgan fingerprint density at radius 1 is 1.41 bits per heavy atom. The van der Waals surface area contributed by atoms with Gasteiger partial charge in [-0.25, -0.2) is 4.98 Å². The molecule has 1 aliphatic heterocycles. The van der Waals surface area contributed by atoms with Gasteiger partial charge in [0.1, 0.15) is 11.1 Å². The Morgan fingerprint density at radius 2 is 2.26 bits per heavy atom. The second-order valence-corrected chi connectivity index (χ2v) is 9.20. The molecule has 1 amide bonds. The van der Waals surface area contributed by atoms with Crippen molar-refractivity contribution in [1.29, 1.82) is 0 Å². The van der Waals surface area contributed by atoms with Gasteiger partial charge in [-0.1, -0.05) is 18.2 Å². The molecular weight excluding hydrogens is 358 g/mol. The summed E-state index contributed by atoms with van der Waals surface area (Å²) >= 11 is 1.59. The van der Waals surface area contributed by atoms with Crippen molar-refractivity contribution in [2.75, 3.05) is 25.4 Å². The van der Waals surface area contributed by atoms with E-state index < -0.39 is 0 Å². The number of aromatic nitrogens is 1. The fraction of sp³-hybridized carbons (Fsp3) is 0.524. The minimum absolute atomic E-state index is 0.0450. The van der Waals surface area contributed by atoms with Gasteiger partial charge < -0.3 is 15.4 Å². The molecule has 1 atom stereocenters. The van der Waals surface area contributed by atoms with Gasteiger partial charge in [0.2, 0.25) is 5.91 Å². The predicted molar refractivity (Wildman–Crippen MR) is 106 cm³/mol. The first-order valence-corrected chi connectivity index (χ1v) is 10.7. The Balaban J connectivity index is 1.34. The molecule has 4 fully saturated rings. The molecule has 2 bridgehead atoms. The van der Waals surface area contributed by atoms with Gasteiger partial charge in [0.25, 0.3) is 0 Å². The quantitative estimate of drug-likeness (QED) is 0.819. The highest BCUT2D eigenvalue weighted by molar-refractivity contribution is 7.10. The number of nitrogen functional groups attached to an aromatic ring is 1. The average Bonchev–Trinajstić information content (AvgIpc) is 3.39. The summed E-state index contributed by atoms with van der Waals surface area (Å²) in [6, 6.07) is 6.02. The lowest BCUT2D eigenvalue weighted by molar-refractivity contribution is -0.154. The van der Waals surface area contributed by atoms with Crippen molar-refractivity contribution >= 4 is 22.9 Å². The van der Waals surface area contributed by atoms with Gasteiger partial charge in [-0.05, 0) is 44.1 Å². The van der Waals surface area contributed by atoms with Crippen LogP contribution < -0.4 is 5.73 Å². The summed E-state index contributed by atoms with van der Waals surface area (Å²) in [4.78, 5) is 19.9. The van der Waals surface area contributed by atoms with Crippen molar-refractivity contribution < 1.29 is 9.53 Å². The van der Waals surface area contributed by atoms with E-state index in [-0.39, 0.29) is 11.5 Å². The molecule has 0 radical (unpaired) electrons. The summed E-state index contributed by atoms with van der Waals surface area (Å²) in [5.74, 6) is 1.15. The molecule has 6 rings (SSSR count). The van der Waals surface area contributed by atoms with Crippen molar-refractivity contribution in [3.8, 4) is 11.3 Å². The number of benzene rings is 1. The number of ether oxygens (including phenoxy) is 1. The standard InChI is InChI=1S/C21H25N3O2S/c1-13-3-2-4-15(18(13)22)16-12-27-19(23-16)17-11-24(7-8-26-17)20(25)21-6-5-14(9-21)10-21/h2-4,12,14,17H,5-11,22H2,1H3/t14?,17-,21?/m1/s1. The van der Waals surface area contributed by atoms with Gasteiger partial charge >= 0.3 is 0 Å². The second kappa shape index (κ2) is 6.31. The van der Waals surface area contributed by atoms with E-state index in [2.05, 4.69) is 0 Å². The highest BCUT2D eigenvalue weighted by Crippen LogP contribution is 2.59. The number of fused-ring (bicyclic) bond motifs is 1. The zero-order valence-corrected chi connectivity index (χ0v) is 16.4. The number of para-hydroxylation sites is 1. The van der Waals surface area contributed by atoms with Gasteiger partial charge in [-0.15, -0.1) is 11.3 Å². The van der Waals surface area contributed by atoms with Crippen molar-refractivity contribution in [2.45, 2.75) is 38.7 Å². The molecule has 1 aromatic heterocycles. The number of nitrogens with two attached hydrogens (primary N) is 1. The number of hydrogen-bond donors (Lipinski definition) is 1. The van der Waals surface area contributed by atoms with Gasteiger partial charge in [0.15, 0.2) is 0 Å². The van der Waals surface area contributed by atoms with Crippen molar-refractivity contribution in [3.63, 3.8) is 0 Å². The van der Waals surface area contributed by atoms with E-state index in [0.717, 1.165) is 52.7 Å². The van der Waals surface area contributed by atoms with Crippen LogP contribution >= 0.6 is 11.3 Å². The molecular formula is C21H25N3O2S. The van der Waals surface area contributed by atoms with Crippen LogP contribution in [0.2, 0.25) is 0 Å².